The molecule has 0 spiro atoms. The number of hydrogen-bond donors (Lipinski definition) is 1. The smallest absolute Gasteiger partial charge is 0.416 e. The Hall–Kier alpha value is -2.65. The Bertz CT molecular complexity index is 946. The Morgan fingerprint density at radius 1 is 1.10 bits per heavy atom. The molecule has 0 bridgehead atoms. The van der Waals surface area contributed by atoms with Crippen LogP contribution in [0.25, 0.3) is 0 Å². The van der Waals surface area contributed by atoms with Crippen LogP contribution in [0, 0.1) is 0 Å². The largest absolute Gasteiger partial charge is 0.454 e. The van der Waals surface area contributed by atoms with E-state index < -0.39 is 17.6 Å². The molecule has 10 heteroatoms. The van der Waals surface area contributed by atoms with Gasteiger partial charge in [-0.15, -0.1) is 0 Å². The van der Waals surface area contributed by atoms with Crippen LogP contribution in [0.15, 0.2) is 30.3 Å². The van der Waals surface area contributed by atoms with Crippen LogP contribution in [0.2, 0.25) is 5.02 Å². The van der Waals surface area contributed by atoms with Gasteiger partial charge in [0.2, 0.25) is 6.79 Å². The van der Waals surface area contributed by atoms with Gasteiger partial charge in [0.15, 0.2) is 11.5 Å². The highest BCUT2D eigenvalue weighted by atomic mass is 35.5. The van der Waals surface area contributed by atoms with E-state index in [2.05, 4.69) is 5.32 Å². The molecular formula is C19H16ClF3N2O4. The molecule has 0 atom stereocenters. The van der Waals surface area contributed by atoms with Gasteiger partial charge in [-0.3, -0.25) is 4.79 Å². The van der Waals surface area contributed by atoms with E-state index in [-0.39, 0.29) is 23.1 Å². The molecule has 2 aliphatic rings. The van der Waals surface area contributed by atoms with E-state index in [1.807, 2.05) is 4.90 Å². The van der Waals surface area contributed by atoms with Crippen LogP contribution < -0.4 is 19.7 Å². The Kier molecular flexibility index (Phi) is 5.18. The van der Waals surface area contributed by atoms with Crippen molar-refractivity contribution in [2.75, 3.05) is 43.3 Å². The highest BCUT2D eigenvalue weighted by molar-refractivity contribution is 6.33. The standard InChI is InChI=1S/C19H16ClF3N2O4/c20-13-7-11(8-16-17(13)29-10-28-16)18(26)24-14-9-12(19(21,22)23)1-2-15(14)25-3-5-27-6-4-25/h1-2,7-9H,3-6,10H2,(H,24,26). The fourth-order valence-electron chi connectivity index (χ4n) is 3.19. The van der Waals surface area contributed by atoms with Crippen LogP contribution in [0.4, 0.5) is 24.5 Å². The van der Waals surface area contributed by atoms with Crippen LogP contribution >= 0.6 is 11.6 Å². The molecule has 1 amide bonds. The summed E-state index contributed by atoms with van der Waals surface area (Å²) in [4.78, 5) is 14.6. The number of ether oxygens (including phenoxy) is 3. The summed E-state index contributed by atoms with van der Waals surface area (Å²) in [5.74, 6) is 0.0235. The molecule has 29 heavy (non-hydrogen) atoms. The number of amides is 1. The number of carbonyl (C=O) groups is 1. The number of nitrogens with zero attached hydrogens (tertiary/aromatic N) is 1. The SMILES string of the molecule is O=C(Nc1cc(C(F)(F)F)ccc1N1CCOCC1)c1cc(Cl)c2c(c1)OCO2. The van der Waals surface area contributed by atoms with Crippen molar-refractivity contribution >= 4 is 28.9 Å². The van der Waals surface area contributed by atoms with Crippen molar-refractivity contribution < 1.29 is 32.2 Å². The van der Waals surface area contributed by atoms with E-state index in [1.165, 1.54) is 18.2 Å². The molecule has 2 aromatic carbocycles. The van der Waals surface area contributed by atoms with Crippen molar-refractivity contribution in [1.29, 1.82) is 0 Å². The predicted octanol–water partition coefficient (Wildman–Crippen LogP) is 4.18. The van der Waals surface area contributed by atoms with Crippen LogP contribution in [-0.2, 0) is 10.9 Å². The van der Waals surface area contributed by atoms with Crippen molar-refractivity contribution in [3.05, 3.63) is 46.5 Å². The highest BCUT2D eigenvalue weighted by Gasteiger charge is 2.32. The Balaban J connectivity index is 1.67. The molecular weight excluding hydrogens is 413 g/mol. The third-order valence-corrected chi connectivity index (χ3v) is 4.89. The van der Waals surface area contributed by atoms with E-state index in [9.17, 15) is 18.0 Å². The molecule has 0 radical (unpaired) electrons. The first kappa shape index (κ1) is 19.7. The summed E-state index contributed by atoms with van der Waals surface area (Å²) >= 11 is 6.10. The first-order valence-electron chi connectivity index (χ1n) is 8.77. The number of nitrogens with one attached hydrogen (secondary N) is 1. The fourth-order valence-corrected chi connectivity index (χ4v) is 3.45. The van der Waals surface area contributed by atoms with E-state index in [4.69, 9.17) is 25.8 Å². The molecule has 2 aromatic rings. The number of benzene rings is 2. The van der Waals surface area contributed by atoms with E-state index >= 15 is 0 Å². The zero-order valence-electron chi connectivity index (χ0n) is 15.0. The zero-order valence-corrected chi connectivity index (χ0v) is 15.8. The molecule has 1 saturated heterocycles. The van der Waals surface area contributed by atoms with Crippen molar-refractivity contribution in [1.82, 2.24) is 0 Å². The van der Waals surface area contributed by atoms with Gasteiger partial charge in [0.1, 0.15) is 0 Å². The van der Waals surface area contributed by atoms with Gasteiger partial charge in [-0.1, -0.05) is 11.6 Å². The summed E-state index contributed by atoms with van der Waals surface area (Å²) in [6.45, 7) is 1.89. The van der Waals surface area contributed by atoms with Crippen LogP contribution in [-0.4, -0.2) is 39.0 Å². The summed E-state index contributed by atoms with van der Waals surface area (Å²) < 4.78 is 55.4. The van der Waals surface area contributed by atoms with Crippen LogP contribution in [0.1, 0.15) is 15.9 Å². The van der Waals surface area contributed by atoms with Gasteiger partial charge in [0.25, 0.3) is 5.91 Å². The van der Waals surface area contributed by atoms with Gasteiger partial charge in [0.05, 0.1) is 35.2 Å². The lowest BCUT2D eigenvalue weighted by molar-refractivity contribution is -0.137. The first-order chi connectivity index (χ1) is 13.8. The number of rotatable bonds is 3. The zero-order chi connectivity index (χ0) is 20.6. The second kappa shape index (κ2) is 7.64. The minimum Gasteiger partial charge on any atom is -0.454 e. The molecule has 2 heterocycles. The second-order valence-electron chi connectivity index (χ2n) is 6.48. The van der Waals surface area contributed by atoms with Crippen molar-refractivity contribution in [2.24, 2.45) is 0 Å². The number of morpholine rings is 1. The summed E-state index contributed by atoms with van der Waals surface area (Å²) in [7, 11) is 0. The maximum atomic E-state index is 13.2. The summed E-state index contributed by atoms with van der Waals surface area (Å²) in [5, 5.41) is 2.76. The summed E-state index contributed by atoms with van der Waals surface area (Å²) in [5.41, 5.74) is -0.167. The van der Waals surface area contributed by atoms with Gasteiger partial charge >= 0.3 is 6.18 Å². The topological polar surface area (TPSA) is 60.0 Å². The fraction of sp³-hybridized carbons (Fsp3) is 0.316. The molecule has 6 nitrogen and oxygen atoms in total. The number of hydrogen-bond acceptors (Lipinski definition) is 5. The average molecular weight is 429 g/mol. The number of fused-ring (bicyclic) bond motifs is 1. The lowest BCUT2D eigenvalue weighted by Gasteiger charge is -2.31. The van der Waals surface area contributed by atoms with Crippen molar-refractivity contribution in [2.45, 2.75) is 6.18 Å². The van der Waals surface area contributed by atoms with Crippen molar-refractivity contribution in [3.63, 3.8) is 0 Å². The quantitative estimate of drug-likeness (QED) is 0.795. The minimum atomic E-state index is -4.54. The summed E-state index contributed by atoms with van der Waals surface area (Å²) in [6, 6.07) is 6.10. The lowest BCUT2D eigenvalue weighted by atomic mass is 10.1. The number of anilines is 2. The van der Waals surface area contributed by atoms with Gasteiger partial charge < -0.3 is 24.4 Å². The molecule has 2 aliphatic heterocycles. The Morgan fingerprint density at radius 3 is 2.59 bits per heavy atom. The molecule has 0 saturated carbocycles. The third-order valence-electron chi connectivity index (χ3n) is 4.61. The van der Waals surface area contributed by atoms with Gasteiger partial charge in [-0.25, -0.2) is 0 Å². The van der Waals surface area contributed by atoms with Gasteiger partial charge in [-0.2, -0.15) is 13.2 Å². The van der Waals surface area contributed by atoms with Gasteiger partial charge in [0, 0.05) is 18.7 Å². The molecule has 154 valence electrons. The minimum absolute atomic E-state index is 0.0189. The maximum absolute atomic E-state index is 13.2. The summed E-state index contributed by atoms with van der Waals surface area (Å²) in [6.07, 6.45) is -4.54. The average Bonchev–Trinajstić information content (AvgIpc) is 3.17. The highest BCUT2D eigenvalue weighted by Crippen LogP contribution is 2.40. The van der Waals surface area contributed by atoms with Crippen LogP contribution in [0.3, 0.4) is 0 Å². The molecule has 4 rings (SSSR count). The lowest BCUT2D eigenvalue weighted by Crippen LogP contribution is -2.36. The molecule has 1 N–H and O–H groups in total. The molecule has 0 aliphatic carbocycles. The second-order valence-corrected chi connectivity index (χ2v) is 6.88. The number of carbonyl (C=O) groups excluding carboxylic acids is 1. The molecule has 1 fully saturated rings. The Labute approximate surface area is 169 Å². The Morgan fingerprint density at radius 2 is 1.86 bits per heavy atom. The van der Waals surface area contributed by atoms with E-state index in [1.54, 1.807) is 0 Å². The predicted molar refractivity (Wildman–Crippen MR) is 100 cm³/mol. The maximum Gasteiger partial charge on any atom is 0.416 e. The monoisotopic (exact) mass is 428 g/mol. The molecule has 0 aromatic heterocycles. The molecule has 0 unspecified atom stereocenters. The van der Waals surface area contributed by atoms with Gasteiger partial charge in [-0.05, 0) is 30.3 Å². The third kappa shape index (κ3) is 4.06. The van der Waals surface area contributed by atoms with Crippen molar-refractivity contribution in [3.8, 4) is 11.5 Å². The number of halogens is 4. The van der Waals surface area contributed by atoms with E-state index in [0.717, 1.165) is 12.1 Å². The normalized spacial score (nSPS) is 16.1. The first-order valence-corrected chi connectivity index (χ1v) is 9.15. The van der Waals surface area contributed by atoms with Crippen LogP contribution in [0.5, 0.6) is 11.5 Å². The van der Waals surface area contributed by atoms with E-state index in [0.29, 0.717) is 43.5 Å². The number of alkyl halides is 3.